The molecule has 0 aliphatic carbocycles. The molecule has 1 N–H and O–H groups in total. The van der Waals surface area contributed by atoms with E-state index in [-0.39, 0.29) is 31.4 Å². The van der Waals surface area contributed by atoms with E-state index in [2.05, 4.69) is 5.32 Å². The Labute approximate surface area is 142 Å². The number of carbonyl (C=O) groups excluding carboxylic acids is 2. The number of ether oxygens (including phenoxy) is 1. The van der Waals surface area contributed by atoms with Crippen molar-refractivity contribution in [1.29, 1.82) is 0 Å². The van der Waals surface area contributed by atoms with E-state index in [1.807, 2.05) is 61.5 Å². The summed E-state index contributed by atoms with van der Waals surface area (Å²) in [6.45, 7) is 2.28. The van der Waals surface area contributed by atoms with E-state index in [0.717, 1.165) is 17.0 Å². The topological polar surface area (TPSA) is 58.6 Å². The molecule has 0 saturated heterocycles. The number of aryl methyl sites for hydroxylation is 1. The summed E-state index contributed by atoms with van der Waals surface area (Å²) in [5, 5.41) is 2.77. The highest BCUT2D eigenvalue weighted by atomic mass is 16.5. The molecule has 5 heteroatoms. The molecule has 0 aromatic heterocycles. The van der Waals surface area contributed by atoms with Crippen molar-refractivity contribution in [3.63, 3.8) is 0 Å². The van der Waals surface area contributed by atoms with Gasteiger partial charge in [-0.2, -0.15) is 0 Å². The second kappa shape index (κ2) is 8.72. The Hall–Kier alpha value is -2.82. The number of para-hydroxylation sites is 1. The van der Waals surface area contributed by atoms with Gasteiger partial charge in [0.1, 0.15) is 5.75 Å². The van der Waals surface area contributed by atoms with E-state index >= 15 is 0 Å². The molecule has 0 unspecified atom stereocenters. The first kappa shape index (κ1) is 17.5. The van der Waals surface area contributed by atoms with E-state index < -0.39 is 0 Å². The summed E-state index contributed by atoms with van der Waals surface area (Å²) in [5.41, 5.74) is 1.84. The fraction of sp³-hybridized carbons (Fsp3) is 0.263. The van der Waals surface area contributed by atoms with Crippen LogP contribution in [0.5, 0.6) is 5.75 Å². The Morgan fingerprint density at radius 2 is 1.71 bits per heavy atom. The van der Waals surface area contributed by atoms with Crippen LogP contribution in [0.15, 0.2) is 54.6 Å². The number of carbonyl (C=O) groups is 2. The number of nitrogens with zero attached hydrogens (tertiary/aromatic N) is 1. The van der Waals surface area contributed by atoms with Crippen molar-refractivity contribution < 1.29 is 14.3 Å². The number of hydrogen-bond acceptors (Lipinski definition) is 3. The zero-order chi connectivity index (χ0) is 17.4. The van der Waals surface area contributed by atoms with E-state index in [9.17, 15) is 9.59 Å². The van der Waals surface area contributed by atoms with Gasteiger partial charge in [0.2, 0.25) is 11.8 Å². The lowest BCUT2D eigenvalue weighted by molar-refractivity contribution is -0.133. The van der Waals surface area contributed by atoms with Gasteiger partial charge in [-0.05, 0) is 31.2 Å². The van der Waals surface area contributed by atoms with Crippen LogP contribution in [-0.4, -0.2) is 36.9 Å². The van der Waals surface area contributed by atoms with Crippen LogP contribution in [0.1, 0.15) is 12.0 Å². The molecule has 0 heterocycles. The number of rotatable bonds is 7. The van der Waals surface area contributed by atoms with Gasteiger partial charge in [-0.3, -0.25) is 9.59 Å². The number of benzene rings is 2. The summed E-state index contributed by atoms with van der Waals surface area (Å²) >= 11 is 0. The van der Waals surface area contributed by atoms with Crippen LogP contribution in [0.4, 0.5) is 5.69 Å². The molecule has 24 heavy (non-hydrogen) atoms. The maximum absolute atomic E-state index is 12.0. The summed E-state index contributed by atoms with van der Waals surface area (Å²) in [6.07, 6.45) is 0.225. The van der Waals surface area contributed by atoms with Gasteiger partial charge in [0.05, 0.1) is 19.6 Å². The molecule has 126 valence electrons. The zero-order valence-electron chi connectivity index (χ0n) is 14.0. The van der Waals surface area contributed by atoms with Crippen LogP contribution in [0, 0.1) is 6.92 Å². The fourth-order valence-electron chi connectivity index (χ4n) is 2.10. The molecule has 0 aliphatic rings. The molecule has 2 amide bonds. The van der Waals surface area contributed by atoms with E-state index in [1.54, 1.807) is 7.05 Å². The van der Waals surface area contributed by atoms with E-state index in [4.69, 9.17) is 4.74 Å². The maximum Gasteiger partial charge on any atom is 0.243 e. The molecule has 0 fully saturated rings. The van der Waals surface area contributed by atoms with Gasteiger partial charge in [0.25, 0.3) is 0 Å². The van der Waals surface area contributed by atoms with Gasteiger partial charge < -0.3 is 15.0 Å². The molecular formula is C19H22N2O3. The lowest BCUT2D eigenvalue weighted by atomic mass is 10.2. The van der Waals surface area contributed by atoms with Crippen molar-refractivity contribution >= 4 is 17.5 Å². The molecule has 2 aromatic rings. The molecule has 2 rings (SSSR count). The molecule has 0 spiro atoms. The van der Waals surface area contributed by atoms with Crippen molar-refractivity contribution in [3.05, 3.63) is 60.2 Å². The SMILES string of the molecule is Cc1ccc(NC(=O)CN(C)C(=O)CCOc2ccccc2)cc1. The van der Waals surface area contributed by atoms with Crippen LogP contribution < -0.4 is 10.1 Å². The lowest BCUT2D eigenvalue weighted by Gasteiger charge is -2.17. The third-order valence-electron chi connectivity index (χ3n) is 3.47. The largest absolute Gasteiger partial charge is 0.493 e. The molecule has 0 aliphatic heterocycles. The first-order valence-corrected chi connectivity index (χ1v) is 7.83. The first-order valence-electron chi connectivity index (χ1n) is 7.83. The molecule has 5 nitrogen and oxygen atoms in total. The average Bonchev–Trinajstić information content (AvgIpc) is 2.57. The highest BCUT2D eigenvalue weighted by molar-refractivity contribution is 5.94. The Morgan fingerprint density at radius 1 is 1.04 bits per heavy atom. The average molecular weight is 326 g/mol. The molecular weight excluding hydrogens is 304 g/mol. The van der Waals surface area contributed by atoms with Crippen molar-refractivity contribution in [3.8, 4) is 5.75 Å². The highest BCUT2D eigenvalue weighted by Crippen LogP contribution is 2.10. The van der Waals surface area contributed by atoms with Crippen molar-refractivity contribution in [1.82, 2.24) is 4.90 Å². The molecule has 2 aromatic carbocycles. The van der Waals surface area contributed by atoms with Crippen LogP contribution >= 0.6 is 0 Å². The minimum absolute atomic E-state index is 0.0120. The smallest absolute Gasteiger partial charge is 0.243 e. The molecule has 0 atom stereocenters. The number of amides is 2. The highest BCUT2D eigenvalue weighted by Gasteiger charge is 2.13. The van der Waals surface area contributed by atoms with Gasteiger partial charge >= 0.3 is 0 Å². The van der Waals surface area contributed by atoms with Crippen molar-refractivity contribution in [2.24, 2.45) is 0 Å². The van der Waals surface area contributed by atoms with Crippen LogP contribution in [0.25, 0.3) is 0 Å². The predicted octanol–water partition coefficient (Wildman–Crippen LogP) is 2.86. The number of nitrogens with one attached hydrogen (secondary N) is 1. The van der Waals surface area contributed by atoms with Gasteiger partial charge in [-0.15, -0.1) is 0 Å². The third kappa shape index (κ3) is 5.76. The van der Waals surface area contributed by atoms with Gasteiger partial charge in [0.15, 0.2) is 0 Å². The Morgan fingerprint density at radius 3 is 2.38 bits per heavy atom. The zero-order valence-corrected chi connectivity index (χ0v) is 14.0. The minimum atomic E-state index is -0.223. The lowest BCUT2D eigenvalue weighted by Crippen LogP contribution is -2.35. The van der Waals surface area contributed by atoms with Crippen molar-refractivity contribution in [2.75, 3.05) is 25.5 Å². The summed E-state index contributed by atoms with van der Waals surface area (Å²) in [4.78, 5) is 25.4. The fourth-order valence-corrected chi connectivity index (χ4v) is 2.10. The predicted molar refractivity (Wildman–Crippen MR) is 94.0 cm³/mol. The van der Waals surface area contributed by atoms with Gasteiger partial charge in [0, 0.05) is 12.7 Å². The normalized spacial score (nSPS) is 10.1. The Kier molecular flexibility index (Phi) is 6.37. The molecule has 0 bridgehead atoms. The number of anilines is 1. The quantitative estimate of drug-likeness (QED) is 0.851. The summed E-state index contributed by atoms with van der Waals surface area (Å²) < 4.78 is 5.49. The summed E-state index contributed by atoms with van der Waals surface area (Å²) in [7, 11) is 1.61. The van der Waals surface area contributed by atoms with E-state index in [0.29, 0.717) is 0 Å². The monoisotopic (exact) mass is 326 g/mol. The Balaban J connectivity index is 1.72. The summed E-state index contributed by atoms with van der Waals surface area (Å²) in [5.74, 6) is 0.369. The Bertz CT molecular complexity index is 669. The van der Waals surface area contributed by atoms with Gasteiger partial charge in [-0.1, -0.05) is 35.9 Å². The van der Waals surface area contributed by atoms with Crippen LogP contribution in [0.3, 0.4) is 0 Å². The minimum Gasteiger partial charge on any atom is -0.493 e. The second-order valence-corrected chi connectivity index (χ2v) is 5.58. The van der Waals surface area contributed by atoms with Crippen LogP contribution in [0.2, 0.25) is 0 Å². The van der Waals surface area contributed by atoms with E-state index in [1.165, 1.54) is 4.90 Å². The first-order chi connectivity index (χ1) is 11.5. The van der Waals surface area contributed by atoms with Gasteiger partial charge in [-0.25, -0.2) is 0 Å². The van der Waals surface area contributed by atoms with Crippen LogP contribution in [-0.2, 0) is 9.59 Å². The second-order valence-electron chi connectivity index (χ2n) is 5.58. The molecule has 0 saturated carbocycles. The summed E-state index contributed by atoms with van der Waals surface area (Å²) in [6, 6.07) is 16.8. The van der Waals surface area contributed by atoms with Crippen molar-refractivity contribution in [2.45, 2.75) is 13.3 Å². The molecule has 0 radical (unpaired) electrons. The number of likely N-dealkylation sites (N-methyl/N-ethyl adjacent to an activating group) is 1. The standard InChI is InChI=1S/C19H22N2O3/c1-15-8-10-16(11-9-15)20-18(22)14-21(2)19(23)12-13-24-17-6-4-3-5-7-17/h3-11H,12-14H2,1-2H3,(H,20,22). The number of hydrogen-bond donors (Lipinski definition) is 1. The maximum atomic E-state index is 12.0. The third-order valence-corrected chi connectivity index (χ3v) is 3.47.